The van der Waals surface area contributed by atoms with E-state index in [-0.39, 0.29) is 17.9 Å². The first-order valence-electron chi connectivity index (χ1n) is 11.0. The normalized spacial score (nSPS) is 25.8. The third kappa shape index (κ3) is 3.68. The summed E-state index contributed by atoms with van der Waals surface area (Å²) < 4.78 is 38.7. The second kappa shape index (κ2) is 7.78. The Bertz CT molecular complexity index is 1200. The van der Waals surface area contributed by atoms with Crippen molar-refractivity contribution in [1.29, 1.82) is 0 Å². The number of nitrogens with one attached hydrogen (secondary N) is 2. The highest BCUT2D eigenvalue weighted by Crippen LogP contribution is 2.46. The Morgan fingerprint density at radius 2 is 2.06 bits per heavy atom. The summed E-state index contributed by atoms with van der Waals surface area (Å²) in [7, 11) is 0. The van der Waals surface area contributed by atoms with Gasteiger partial charge in [0.2, 0.25) is 11.8 Å². The van der Waals surface area contributed by atoms with E-state index in [1.165, 1.54) is 6.20 Å². The maximum atomic E-state index is 12.9. The van der Waals surface area contributed by atoms with Gasteiger partial charge in [0.15, 0.2) is 0 Å². The van der Waals surface area contributed by atoms with Crippen LogP contribution < -0.4 is 10.6 Å². The number of piperidine rings is 1. The lowest BCUT2D eigenvalue weighted by Crippen LogP contribution is -2.57. The Morgan fingerprint density at radius 3 is 2.82 bits per heavy atom. The Kier molecular flexibility index (Phi) is 5.10. The van der Waals surface area contributed by atoms with Crippen molar-refractivity contribution in [2.75, 3.05) is 11.9 Å². The number of nitrogens with zero attached hydrogens (tertiary/aromatic N) is 3. The van der Waals surface area contributed by atoms with Gasteiger partial charge in [0.1, 0.15) is 18.4 Å². The van der Waals surface area contributed by atoms with Crippen LogP contribution in [0.1, 0.15) is 46.9 Å². The molecule has 178 valence electrons. The van der Waals surface area contributed by atoms with Gasteiger partial charge in [0, 0.05) is 36.1 Å². The standard InChI is InChI=1S/C23H22F3N5O3/c1-12-4-5-16(20(33)31(12)11-23(24,25)26)29-19(32)14-7-13-8-22(9-17(13)28-10-14)15-3-2-6-27-18(15)30-21(22)34/h2-3,6-7,10,12,16H,4-5,8-9,11H2,1H3,(H,29,32)(H,27,30,34)/t12-,16+,22+/m1/s1. The van der Waals surface area contributed by atoms with Crippen molar-refractivity contribution in [3.8, 4) is 0 Å². The zero-order valence-electron chi connectivity index (χ0n) is 18.3. The van der Waals surface area contributed by atoms with Crippen LogP contribution >= 0.6 is 0 Å². The van der Waals surface area contributed by atoms with Crippen LogP contribution in [0.5, 0.6) is 0 Å². The maximum absolute atomic E-state index is 12.9. The summed E-state index contributed by atoms with van der Waals surface area (Å²) in [6.45, 7) is 0.217. The zero-order valence-corrected chi connectivity index (χ0v) is 18.3. The Labute approximate surface area is 192 Å². The Morgan fingerprint density at radius 1 is 1.26 bits per heavy atom. The summed E-state index contributed by atoms with van der Waals surface area (Å²) in [5.74, 6) is -0.984. The maximum Gasteiger partial charge on any atom is 0.406 e. The molecule has 1 aliphatic carbocycles. The van der Waals surface area contributed by atoms with Gasteiger partial charge < -0.3 is 15.5 Å². The third-order valence-electron chi connectivity index (χ3n) is 6.91. The number of anilines is 1. The number of carbonyl (C=O) groups is 3. The zero-order chi connectivity index (χ0) is 24.3. The number of halogens is 3. The van der Waals surface area contributed by atoms with Gasteiger partial charge in [0.25, 0.3) is 5.91 Å². The fraction of sp³-hybridized carbons (Fsp3) is 0.435. The predicted molar refractivity (Wildman–Crippen MR) is 114 cm³/mol. The largest absolute Gasteiger partial charge is 0.406 e. The number of likely N-dealkylation sites (tertiary alicyclic amines) is 1. The van der Waals surface area contributed by atoms with Crippen molar-refractivity contribution in [2.45, 2.75) is 56.3 Å². The molecule has 1 saturated heterocycles. The van der Waals surface area contributed by atoms with Crippen LogP contribution in [-0.2, 0) is 27.8 Å². The first kappa shape index (κ1) is 22.3. The summed E-state index contributed by atoms with van der Waals surface area (Å²) in [6, 6.07) is 3.65. The molecule has 1 spiro atoms. The second-order valence-electron chi connectivity index (χ2n) is 9.15. The third-order valence-corrected chi connectivity index (χ3v) is 6.91. The molecule has 34 heavy (non-hydrogen) atoms. The minimum absolute atomic E-state index is 0.170. The lowest BCUT2D eigenvalue weighted by Gasteiger charge is -2.38. The van der Waals surface area contributed by atoms with Gasteiger partial charge in [-0.25, -0.2) is 4.98 Å². The number of fused-ring (bicyclic) bond motifs is 3. The van der Waals surface area contributed by atoms with Crippen molar-refractivity contribution in [2.24, 2.45) is 0 Å². The van der Waals surface area contributed by atoms with Crippen LogP contribution in [-0.4, -0.2) is 57.4 Å². The molecular weight excluding hydrogens is 451 g/mol. The monoisotopic (exact) mass is 473 g/mol. The molecule has 0 bridgehead atoms. The Balaban J connectivity index is 1.33. The molecule has 2 aromatic rings. The van der Waals surface area contributed by atoms with Crippen LogP contribution in [0.2, 0.25) is 0 Å². The van der Waals surface area contributed by atoms with Crippen LogP contribution in [0.4, 0.5) is 19.0 Å². The summed E-state index contributed by atoms with van der Waals surface area (Å²) in [4.78, 5) is 47.7. The molecule has 2 N–H and O–H groups in total. The number of aromatic nitrogens is 2. The van der Waals surface area contributed by atoms with E-state index in [0.717, 1.165) is 16.0 Å². The number of hydrogen-bond acceptors (Lipinski definition) is 5. The molecule has 0 aromatic carbocycles. The van der Waals surface area contributed by atoms with Gasteiger partial charge in [-0.3, -0.25) is 19.4 Å². The molecule has 5 rings (SSSR count). The average molecular weight is 473 g/mol. The molecule has 2 aromatic heterocycles. The van der Waals surface area contributed by atoms with E-state index in [1.54, 1.807) is 25.3 Å². The van der Waals surface area contributed by atoms with Crippen molar-refractivity contribution < 1.29 is 27.6 Å². The fourth-order valence-electron chi connectivity index (χ4n) is 5.15. The van der Waals surface area contributed by atoms with E-state index in [2.05, 4.69) is 20.6 Å². The lowest BCUT2D eigenvalue weighted by atomic mass is 9.80. The lowest BCUT2D eigenvalue weighted by molar-refractivity contribution is -0.169. The van der Waals surface area contributed by atoms with Gasteiger partial charge in [-0.15, -0.1) is 0 Å². The van der Waals surface area contributed by atoms with E-state index in [9.17, 15) is 27.6 Å². The Hall–Kier alpha value is -3.50. The number of carbonyl (C=O) groups excluding carboxylic acids is 3. The fourth-order valence-corrected chi connectivity index (χ4v) is 5.15. The van der Waals surface area contributed by atoms with Gasteiger partial charge in [0.05, 0.1) is 11.0 Å². The predicted octanol–water partition coefficient (Wildman–Crippen LogP) is 2.14. The van der Waals surface area contributed by atoms with Crippen LogP contribution in [0.3, 0.4) is 0 Å². The van der Waals surface area contributed by atoms with Gasteiger partial charge in [-0.2, -0.15) is 13.2 Å². The molecule has 8 nitrogen and oxygen atoms in total. The van der Waals surface area contributed by atoms with Gasteiger partial charge >= 0.3 is 6.18 Å². The molecule has 4 heterocycles. The van der Waals surface area contributed by atoms with E-state index in [1.807, 2.05) is 6.07 Å². The van der Waals surface area contributed by atoms with Crippen molar-refractivity contribution in [3.63, 3.8) is 0 Å². The highest BCUT2D eigenvalue weighted by molar-refractivity contribution is 6.06. The van der Waals surface area contributed by atoms with E-state index in [0.29, 0.717) is 30.8 Å². The molecule has 2 aliphatic heterocycles. The second-order valence-corrected chi connectivity index (χ2v) is 9.15. The average Bonchev–Trinajstić information content (AvgIpc) is 3.30. The van der Waals surface area contributed by atoms with Crippen molar-refractivity contribution >= 4 is 23.5 Å². The molecular formula is C23H22F3N5O3. The van der Waals surface area contributed by atoms with Gasteiger partial charge in [-0.1, -0.05) is 6.07 Å². The highest BCUT2D eigenvalue weighted by atomic mass is 19.4. The number of amides is 3. The molecule has 3 aliphatic rings. The summed E-state index contributed by atoms with van der Waals surface area (Å²) in [5, 5.41) is 5.38. The van der Waals surface area contributed by atoms with Crippen LogP contribution in [0, 0.1) is 0 Å². The number of hydrogen-bond donors (Lipinski definition) is 2. The molecule has 0 radical (unpaired) electrons. The molecule has 11 heteroatoms. The number of rotatable bonds is 3. The van der Waals surface area contributed by atoms with Crippen molar-refractivity contribution in [3.05, 3.63) is 53.0 Å². The molecule has 1 fully saturated rings. The number of alkyl halides is 3. The van der Waals surface area contributed by atoms with Crippen molar-refractivity contribution in [1.82, 2.24) is 20.2 Å². The molecule has 3 atom stereocenters. The van der Waals surface area contributed by atoms with E-state index >= 15 is 0 Å². The first-order valence-corrected chi connectivity index (χ1v) is 11.0. The van der Waals surface area contributed by atoms with Gasteiger partial charge in [-0.05, 0) is 43.9 Å². The van der Waals surface area contributed by atoms with Crippen LogP contribution in [0.15, 0.2) is 30.6 Å². The summed E-state index contributed by atoms with van der Waals surface area (Å²) >= 11 is 0. The first-order chi connectivity index (χ1) is 16.1. The molecule has 3 amide bonds. The minimum Gasteiger partial charge on any atom is -0.340 e. The summed E-state index contributed by atoms with van der Waals surface area (Å²) in [5.41, 5.74) is 1.58. The smallest absolute Gasteiger partial charge is 0.340 e. The topological polar surface area (TPSA) is 104 Å². The number of pyridine rings is 2. The summed E-state index contributed by atoms with van der Waals surface area (Å²) in [6.07, 6.45) is -0.222. The highest BCUT2D eigenvalue weighted by Gasteiger charge is 2.51. The molecule has 0 saturated carbocycles. The molecule has 0 unspecified atom stereocenters. The van der Waals surface area contributed by atoms with E-state index in [4.69, 9.17) is 0 Å². The SMILES string of the molecule is C[C@@H]1CC[C@H](NC(=O)c2cnc3c(c2)C[C@@]2(C3)C(=O)Nc3ncccc32)C(=O)N1CC(F)(F)F. The van der Waals surface area contributed by atoms with Crippen LogP contribution in [0.25, 0.3) is 0 Å². The minimum atomic E-state index is -4.52. The quantitative estimate of drug-likeness (QED) is 0.711. The van der Waals surface area contributed by atoms with E-state index < -0.39 is 42.0 Å².